The minimum absolute atomic E-state index is 0.211. The van der Waals surface area contributed by atoms with Crippen LogP contribution in [0.4, 0.5) is 0 Å². The number of nitrogens with zero attached hydrogens (tertiary/aromatic N) is 1. The molecule has 0 aliphatic carbocycles. The zero-order chi connectivity index (χ0) is 19.6. The number of hydrogen-bond acceptors (Lipinski definition) is 5. The van der Waals surface area contributed by atoms with Gasteiger partial charge in [0.2, 0.25) is 0 Å². The predicted molar refractivity (Wildman–Crippen MR) is 109 cm³/mol. The largest absolute Gasteiger partial charge is 0.508 e. The Morgan fingerprint density at radius 2 is 1.68 bits per heavy atom. The monoisotopic (exact) mass is 379 g/mol. The van der Waals surface area contributed by atoms with Gasteiger partial charge in [-0.15, -0.1) is 0 Å². The van der Waals surface area contributed by atoms with E-state index in [4.69, 9.17) is 9.47 Å². The standard InChI is InChI=1S/C23H25NO4/c1-23-7-4-8-24(23)12-18-17-11-20(28-3)19(27-2)10-16(17)15-9-13(25)5-6-14(15)21(18)22(23)26/h5-6,9-11,22,25-26H,4,7-8,12H2,1-3H3. The Labute approximate surface area is 164 Å². The quantitative estimate of drug-likeness (QED) is 0.656. The molecule has 0 radical (unpaired) electrons. The molecule has 1 fully saturated rings. The van der Waals surface area contributed by atoms with Crippen LogP contribution in [0.5, 0.6) is 17.2 Å². The minimum Gasteiger partial charge on any atom is -0.508 e. The van der Waals surface area contributed by atoms with Gasteiger partial charge in [-0.1, -0.05) is 6.07 Å². The van der Waals surface area contributed by atoms with Gasteiger partial charge in [-0.2, -0.15) is 0 Å². The maximum atomic E-state index is 11.5. The molecule has 5 rings (SSSR count). The highest BCUT2D eigenvalue weighted by atomic mass is 16.5. The summed E-state index contributed by atoms with van der Waals surface area (Å²) in [5, 5.41) is 25.6. The first-order valence-corrected chi connectivity index (χ1v) is 9.74. The number of benzene rings is 3. The van der Waals surface area contributed by atoms with E-state index in [1.807, 2.05) is 18.2 Å². The lowest BCUT2D eigenvalue weighted by molar-refractivity contribution is -0.0142. The SMILES string of the molecule is COc1cc2c3c(c4ccc(O)cc4c2cc1OC)C(O)C1(C)CCCN1C3. The first kappa shape index (κ1) is 17.6. The number of phenolic OH excluding ortho intramolecular Hbond substituents is 1. The van der Waals surface area contributed by atoms with E-state index in [-0.39, 0.29) is 11.3 Å². The van der Waals surface area contributed by atoms with Crippen LogP contribution in [-0.2, 0) is 6.54 Å². The second-order valence-electron chi connectivity index (χ2n) is 8.16. The van der Waals surface area contributed by atoms with E-state index in [0.717, 1.165) is 58.6 Å². The second kappa shape index (κ2) is 6.00. The summed E-state index contributed by atoms with van der Waals surface area (Å²) in [7, 11) is 3.26. The van der Waals surface area contributed by atoms with E-state index in [9.17, 15) is 10.2 Å². The average Bonchev–Trinajstić information content (AvgIpc) is 3.09. The number of aliphatic hydroxyl groups is 1. The molecule has 0 amide bonds. The normalized spacial score (nSPS) is 24.4. The Kier molecular flexibility index (Phi) is 3.77. The summed E-state index contributed by atoms with van der Waals surface area (Å²) in [5.74, 6) is 1.53. The summed E-state index contributed by atoms with van der Waals surface area (Å²) in [4.78, 5) is 2.41. The van der Waals surface area contributed by atoms with Gasteiger partial charge in [0.05, 0.1) is 20.3 Å². The fourth-order valence-electron chi connectivity index (χ4n) is 5.24. The van der Waals surface area contributed by atoms with Crippen molar-refractivity contribution >= 4 is 21.5 Å². The van der Waals surface area contributed by atoms with E-state index in [0.29, 0.717) is 11.5 Å². The van der Waals surface area contributed by atoms with Crippen molar-refractivity contribution in [2.24, 2.45) is 0 Å². The number of hydrogen-bond donors (Lipinski definition) is 2. The second-order valence-corrected chi connectivity index (χ2v) is 8.16. The number of ether oxygens (including phenoxy) is 2. The van der Waals surface area contributed by atoms with Crippen LogP contribution in [0.15, 0.2) is 30.3 Å². The summed E-state index contributed by atoms with van der Waals surface area (Å²) in [6.07, 6.45) is 1.50. The minimum atomic E-state index is -0.580. The van der Waals surface area contributed by atoms with E-state index in [1.165, 1.54) is 0 Å². The Morgan fingerprint density at radius 1 is 1.00 bits per heavy atom. The Hall–Kier alpha value is -2.50. The zero-order valence-electron chi connectivity index (χ0n) is 16.5. The number of aromatic hydroxyl groups is 1. The van der Waals surface area contributed by atoms with Crippen molar-refractivity contribution < 1.29 is 19.7 Å². The molecule has 0 aromatic heterocycles. The van der Waals surface area contributed by atoms with Gasteiger partial charge < -0.3 is 19.7 Å². The van der Waals surface area contributed by atoms with Crippen LogP contribution in [0.2, 0.25) is 0 Å². The van der Waals surface area contributed by atoms with Crippen molar-refractivity contribution in [3.63, 3.8) is 0 Å². The zero-order valence-corrected chi connectivity index (χ0v) is 16.5. The molecule has 2 unspecified atom stereocenters. The molecule has 2 N–H and O–H groups in total. The highest BCUT2D eigenvalue weighted by Crippen LogP contribution is 2.51. The molecule has 0 saturated carbocycles. The van der Waals surface area contributed by atoms with Crippen LogP contribution in [0.25, 0.3) is 21.5 Å². The van der Waals surface area contributed by atoms with Crippen LogP contribution in [-0.4, -0.2) is 41.4 Å². The lowest BCUT2D eigenvalue weighted by atomic mass is 9.77. The summed E-state index contributed by atoms with van der Waals surface area (Å²) in [6, 6.07) is 9.38. The number of methoxy groups -OCH3 is 2. The molecule has 28 heavy (non-hydrogen) atoms. The summed E-state index contributed by atoms with van der Waals surface area (Å²) >= 11 is 0. The van der Waals surface area contributed by atoms with Crippen LogP contribution in [0.3, 0.4) is 0 Å². The number of aliphatic hydroxyl groups excluding tert-OH is 1. The van der Waals surface area contributed by atoms with Gasteiger partial charge in [-0.05, 0) is 83.2 Å². The van der Waals surface area contributed by atoms with Crippen molar-refractivity contribution in [3.05, 3.63) is 41.5 Å². The molecular weight excluding hydrogens is 354 g/mol. The summed E-state index contributed by atoms with van der Waals surface area (Å²) in [6.45, 7) is 3.96. The fourth-order valence-corrected chi connectivity index (χ4v) is 5.24. The first-order valence-electron chi connectivity index (χ1n) is 9.74. The molecular formula is C23H25NO4. The van der Waals surface area contributed by atoms with Crippen molar-refractivity contribution in [1.82, 2.24) is 4.90 Å². The van der Waals surface area contributed by atoms with Gasteiger partial charge in [0.25, 0.3) is 0 Å². The van der Waals surface area contributed by atoms with Crippen LogP contribution >= 0.6 is 0 Å². The highest BCUT2D eigenvalue weighted by molar-refractivity contribution is 6.12. The summed E-state index contributed by atoms with van der Waals surface area (Å²) < 4.78 is 11.1. The number of fused-ring (bicyclic) bond motifs is 7. The van der Waals surface area contributed by atoms with E-state index >= 15 is 0 Å². The lowest BCUT2D eigenvalue weighted by Gasteiger charge is -2.45. The third kappa shape index (κ3) is 2.20. The van der Waals surface area contributed by atoms with Gasteiger partial charge in [0, 0.05) is 12.1 Å². The Bertz CT molecular complexity index is 1110. The van der Waals surface area contributed by atoms with Crippen LogP contribution in [0, 0.1) is 0 Å². The lowest BCUT2D eigenvalue weighted by Crippen LogP contribution is -2.49. The molecule has 0 bridgehead atoms. The molecule has 1 saturated heterocycles. The topological polar surface area (TPSA) is 62.2 Å². The van der Waals surface area contributed by atoms with Gasteiger partial charge >= 0.3 is 0 Å². The predicted octanol–water partition coefficient (Wildman–Crippen LogP) is 4.12. The van der Waals surface area contributed by atoms with Crippen LogP contribution in [0.1, 0.15) is 37.0 Å². The van der Waals surface area contributed by atoms with E-state index < -0.39 is 6.10 Å². The average molecular weight is 379 g/mol. The fraction of sp³-hybridized carbons (Fsp3) is 0.391. The highest BCUT2D eigenvalue weighted by Gasteiger charge is 2.48. The Balaban J connectivity index is 1.94. The maximum absolute atomic E-state index is 11.5. The number of rotatable bonds is 2. The molecule has 0 spiro atoms. The third-order valence-corrected chi connectivity index (χ3v) is 6.80. The Morgan fingerprint density at radius 3 is 2.39 bits per heavy atom. The van der Waals surface area contributed by atoms with Crippen molar-refractivity contribution in [2.75, 3.05) is 20.8 Å². The van der Waals surface area contributed by atoms with Gasteiger partial charge in [-0.3, -0.25) is 4.90 Å². The van der Waals surface area contributed by atoms with Crippen LogP contribution < -0.4 is 9.47 Å². The molecule has 2 aliphatic rings. The van der Waals surface area contributed by atoms with Gasteiger partial charge in [0.15, 0.2) is 11.5 Å². The summed E-state index contributed by atoms with van der Waals surface area (Å²) in [5.41, 5.74) is 1.87. The third-order valence-electron chi connectivity index (χ3n) is 6.80. The van der Waals surface area contributed by atoms with Crippen molar-refractivity contribution in [2.45, 2.75) is 38.0 Å². The first-order chi connectivity index (χ1) is 13.5. The van der Waals surface area contributed by atoms with Gasteiger partial charge in [-0.25, -0.2) is 0 Å². The van der Waals surface area contributed by atoms with Crippen molar-refractivity contribution in [3.8, 4) is 17.2 Å². The van der Waals surface area contributed by atoms with Gasteiger partial charge in [0.1, 0.15) is 5.75 Å². The molecule has 146 valence electrons. The van der Waals surface area contributed by atoms with E-state index in [2.05, 4.69) is 11.8 Å². The molecule has 2 heterocycles. The molecule has 5 heteroatoms. The smallest absolute Gasteiger partial charge is 0.161 e. The van der Waals surface area contributed by atoms with Crippen molar-refractivity contribution in [1.29, 1.82) is 0 Å². The van der Waals surface area contributed by atoms with E-state index in [1.54, 1.807) is 26.4 Å². The molecule has 3 aromatic carbocycles. The molecule has 5 nitrogen and oxygen atoms in total. The molecule has 2 atom stereocenters. The molecule has 3 aromatic rings. The number of phenols is 1. The maximum Gasteiger partial charge on any atom is 0.161 e. The molecule has 2 aliphatic heterocycles.